The first kappa shape index (κ1) is 29.9. The summed E-state index contributed by atoms with van der Waals surface area (Å²) >= 11 is 1.89. The summed E-state index contributed by atoms with van der Waals surface area (Å²) in [7, 11) is 0. The van der Waals surface area contributed by atoms with Crippen LogP contribution < -0.4 is 4.90 Å². The first-order valence-electron chi connectivity index (χ1n) is 17.8. The minimum Gasteiger partial charge on any atom is -0.314 e. The van der Waals surface area contributed by atoms with Gasteiger partial charge in [0.15, 0.2) is 0 Å². The Morgan fingerprint density at radius 2 is 1.08 bits per heavy atom. The fourth-order valence-corrected chi connectivity index (χ4v) is 9.68. The van der Waals surface area contributed by atoms with Gasteiger partial charge >= 0.3 is 0 Å². The Balaban J connectivity index is 1.15. The van der Waals surface area contributed by atoms with Crippen molar-refractivity contribution in [1.29, 1.82) is 0 Å². The summed E-state index contributed by atoms with van der Waals surface area (Å²) in [5.41, 5.74) is 13.5. The summed E-state index contributed by atoms with van der Waals surface area (Å²) in [6.07, 6.45) is 8.77. The van der Waals surface area contributed by atoms with Crippen LogP contribution in [0.2, 0.25) is 0 Å². The molecule has 0 spiro atoms. The Bertz CT molecular complexity index is 2580. The number of thiophene rings is 1. The van der Waals surface area contributed by atoms with Crippen molar-refractivity contribution in [3.8, 4) is 22.3 Å². The lowest BCUT2D eigenvalue weighted by atomic mass is 9.67. The Hall–Kier alpha value is -5.96. The Kier molecular flexibility index (Phi) is 7.11. The van der Waals surface area contributed by atoms with Crippen LogP contribution in [0.1, 0.15) is 35.1 Å². The summed E-state index contributed by atoms with van der Waals surface area (Å²) < 4.78 is 2.66. The van der Waals surface area contributed by atoms with Crippen molar-refractivity contribution < 1.29 is 0 Å². The van der Waals surface area contributed by atoms with Crippen molar-refractivity contribution in [3.63, 3.8) is 0 Å². The molecule has 2 heteroatoms. The van der Waals surface area contributed by atoms with E-state index in [2.05, 4.69) is 193 Å². The third kappa shape index (κ3) is 4.75. The minimum absolute atomic E-state index is 0.453. The van der Waals surface area contributed by atoms with Gasteiger partial charge in [-0.2, -0.15) is 0 Å². The van der Waals surface area contributed by atoms with E-state index in [9.17, 15) is 0 Å². The number of nitrogens with zero attached hydrogens (tertiary/aromatic N) is 1. The average Bonchev–Trinajstić information content (AvgIpc) is 3.73. The molecule has 0 unspecified atom stereocenters. The maximum atomic E-state index is 2.46. The number of rotatable bonds is 6. The van der Waals surface area contributed by atoms with Gasteiger partial charge in [-0.15, -0.1) is 11.3 Å². The van der Waals surface area contributed by atoms with Crippen LogP contribution in [-0.2, 0) is 5.41 Å². The smallest absolute Gasteiger partial charge is 0.0714 e. The lowest BCUT2D eigenvalue weighted by Gasteiger charge is -2.35. The van der Waals surface area contributed by atoms with E-state index in [0.717, 1.165) is 12.8 Å². The van der Waals surface area contributed by atoms with Gasteiger partial charge in [0.2, 0.25) is 0 Å². The molecule has 0 bridgehead atoms. The van der Waals surface area contributed by atoms with E-state index in [-0.39, 0.29) is 0 Å². The van der Waals surface area contributed by atoms with E-state index < -0.39 is 5.41 Å². The summed E-state index contributed by atoms with van der Waals surface area (Å²) in [4.78, 5) is 2.44. The van der Waals surface area contributed by atoms with E-state index in [1.807, 2.05) is 11.3 Å². The summed E-state index contributed by atoms with van der Waals surface area (Å²) in [5, 5.41) is 2.66. The van der Waals surface area contributed by atoms with Crippen molar-refractivity contribution in [2.24, 2.45) is 0 Å². The topological polar surface area (TPSA) is 3.24 Å². The Morgan fingerprint density at radius 3 is 1.78 bits per heavy atom. The van der Waals surface area contributed by atoms with Crippen LogP contribution >= 0.6 is 11.3 Å². The highest BCUT2D eigenvalue weighted by Gasteiger charge is 2.46. The minimum atomic E-state index is -0.453. The molecule has 0 atom stereocenters. The fraction of sp³-hybridized carbons (Fsp3) is 0.0612. The van der Waals surface area contributed by atoms with Gasteiger partial charge in [0.05, 0.1) is 5.41 Å². The molecule has 7 aromatic carbocycles. The van der Waals surface area contributed by atoms with Crippen LogP contribution in [-0.4, -0.2) is 0 Å². The Morgan fingerprint density at radius 1 is 0.490 bits per heavy atom. The summed E-state index contributed by atoms with van der Waals surface area (Å²) in [5.74, 6) is 0. The van der Waals surface area contributed by atoms with Gasteiger partial charge in [-0.05, 0) is 99.8 Å². The lowest BCUT2D eigenvalue weighted by Crippen LogP contribution is -2.28. The van der Waals surface area contributed by atoms with E-state index >= 15 is 0 Å². The van der Waals surface area contributed by atoms with Crippen LogP contribution in [0, 0.1) is 0 Å². The Labute approximate surface area is 303 Å². The molecule has 0 radical (unpaired) electrons. The summed E-state index contributed by atoms with van der Waals surface area (Å²) in [6.45, 7) is 0. The van der Waals surface area contributed by atoms with Crippen LogP contribution in [0.15, 0.2) is 194 Å². The first-order chi connectivity index (χ1) is 25.3. The average molecular weight is 670 g/mol. The van der Waals surface area contributed by atoms with Gasteiger partial charge in [-0.1, -0.05) is 146 Å². The summed E-state index contributed by atoms with van der Waals surface area (Å²) in [6, 6.07) is 63.1. The number of benzene rings is 7. The third-order valence-electron chi connectivity index (χ3n) is 10.8. The quantitative estimate of drug-likeness (QED) is 0.170. The molecule has 10 rings (SSSR count). The van der Waals surface area contributed by atoms with Gasteiger partial charge in [-0.3, -0.25) is 0 Å². The maximum Gasteiger partial charge on any atom is 0.0714 e. The zero-order valence-corrected chi connectivity index (χ0v) is 29.0. The van der Waals surface area contributed by atoms with Crippen LogP contribution in [0.4, 0.5) is 11.4 Å². The van der Waals surface area contributed by atoms with Gasteiger partial charge < -0.3 is 4.90 Å². The lowest BCUT2D eigenvalue weighted by molar-refractivity contribution is 0.770. The highest BCUT2D eigenvalue weighted by molar-refractivity contribution is 7.25. The van der Waals surface area contributed by atoms with Gasteiger partial charge in [0, 0.05) is 37.2 Å². The molecular weight excluding hydrogens is 635 g/mol. The highest BCUT2D eigenvalue weighted by atomic mass is 32.1. The van der Waals surface area contributed by atoms with Gasteiger partial charge in [-0.25, -0.2) is 0 Å². The van der Waals surface area contributed by atoms with Crippen molar-refractivity contribution >= 4 is 42.9 Å². The second kappa shape index (κ2) is 12.1. The molecule has 0 N–H and O–H groups in total. The highest BCUT2D eigenvalue weighted by Crippen LogP contribution is 2.57. The van der Waals surface area contributed by atoms with E-state index in [0.29, 0.717) is 0 Å². The molecule has 0 aliphatic heterocycles. The predicted octanol–water partition coefficient (Wildman–Crippen LogP) is 13.5. The number of fused-ring (bicyclic) bond motifs is 6. The van der Waals surface area contributed by atoms with Gasteiger partial charge in [0.1, 0.15) is 0 Å². The third-order valence-corrected chi connectivity index (χ3v) is 12.0. The second-order valence-corrected chi connectivity index (χ2v) is 14.7. The number of hydrogen-bond acceptors (Lipinski definition) is 2. The molecule has 1 nitrogen and oxygen atoms in total. The van der Waals surface area contributed by atoms with Crippen molar-refractivity contribution in [3.05, 3.63) is 216 Å². The molecule has 8 aromatic rings. The maximum absolute atomic E-state index is 2.46. The monoisotopic (exact) mass is 669 g/mol. The number of anilines is 2. The molecule has 0 fully saturated rings. The van der Waals surface area contributed by atoms with Crippen LogP contribution in [0.3, 0.4) is 0 Å². The molecule has 0 amide bonds. The van der Waals surface area contributed by atoms with Crippen molar-refractivity contribution in [1.82, 2.24) is 0 Å². The molecule has 2 aliphatic rings. The largest absolute Gasteiger partial charge is 0.314 e. The van der Waals surface area contributed by atoms with E-state index in [4.69, 9.17) is 0 Å². The molecule has 242 valence electrons. The van der Waals surface area contributed by atoms with Crippen molar-refractivity contribution in [2.75, 3.05) is 4.90 Å². The molecule has 0 saturated heterocycles. The van der Waals surface area contributed by atoms with Crippen LogP contribution in [0.5, 0.6) is 0 Å². The predicted molar refractivity (Wildman–Crippen MR) is 217 cm³/mol. The van der Waals surface area contributed by atoms with Crippen LogP contribution in [0.25, 0.3) is 42.4 Å². The zero-order valence-electron chi connectivity index (χ0n) is 28.2. The second-order valence-electron chi connectivity index (χ2n) is 13.6. The molecule has 51 heavy (non-hydrogen) atoms. The molecule has 1 aromatic heterocycles. The van der Waals surface area contributed by atoms with Crippen molar-refractivity contribution in [2.45, 2.75) is 18.3 Å². The SMILES string of the molecule is C1=CCCC(N(c2ccc(-c3ccccc3)cc2)c2ccc(C3(c4ccc5c(c4)sc4ccccc45)c4ccccc4-c4ccccc43)cc2)=C1. The molecule has 1 heterocycles. The van der Waals surface area contributed by atoms with E-state index in [1.165, 1.54) is 81.8 Å². The zero-order chi connectivity index (χ0) is 33.8. The number of hydrogen-bond donors (Lipinski definition) is 0. The molecule has 2 aliphatic carbocycles. The normalized spacial score (nSPS) is 14.3. The first-order valence-corrected chi connectivity index (χ1v) is 18.6. The molecule has 0 saturated carbocycles. The molecular formula is C49H35NS. The fourth-order valence-electron chi connectivity index (χ4n) is 8.53. The van der Waals surface area contributed by atoms with Gasteiger partial charge in [0.25, 0.3) is 0 Å². The standard InChI is InChI=1S/C49H35NS/c1-3-13-34(14-4-1)35-23-28-39(29-24-35)50(38-15-5-2-6-16-38)40-30-25-36(26-31-40)49(45-20-10-7-17-41(45)42-18-8-11-21-46(42)49)37-27-32-44-43-19-9-12-22-47(43)51-48(44)33-37/h1-5,7-15,17-33H,6,16H2. The van der Waals surface area contributed by atoms with E-state index in [1.54, 1.807) is 0 Å². The number of allylic oxidation sites excluding steroid dienone is 4.